The molecule has 16 heavy (non-hydrogen) atoms. The van der Waals surface area contributed by atoms with Crippen LogP contribution < -0.4 is 5.32 Å². The van der Waals surface area contributed by atoms with Crippen LogP contribution in [0.4, 0.5) is 0 Å². The zero-order chi connectivity index (χ0) is 11.2. The summed E-state index contributed by atoms with van der Waals surface area (Å²) in [5.74, 6) is 0. The monoisotopic (exact) mass is 233 g/mol. The van der Waals surface area contributed by atoms with Gasteiger partial charge >= 0.3 is 0 Å². The van der Waals surface area contributed by atoms with E-state index >= 15 is 0 Å². The molecule has 2 aromatic rings. The lowest BCUT2D eigenvalue weighted by Gasteiger charge is -2.14. The van der Waals surface area contributed by atoms with Crippen LogP contribution in [0.2, 0.25) is 0 Å². The Morgan fingerprint density at radius 2 is 2.38 bits per heavy atom. The van der Waals surface area contributed by atoms with Gasteiger partial charge in [-0.15, -0.1) is 11.3 Å². The normalized spacial score (nSPS) is 12.6. The third kappa shape index (κ3) is 2.87. The summed E-state index contributed by atoms with van der Waals surface area (Å²) in [6.45, 7) is 0. The molecule has 0 aliphatic carbocycles. The van der Waals surface area contributed by atoms with E-state index < -0.39 is 0 Å². The zero-order valence-corrected chi connectivity index (χ0v) is 10.1. The summed E-state index contributed by atoms with van der Waals surface area (Å²) in [6, 6.07) is 6.55. The van der Waals surface area contributed by atoms with E-state index in [-0.39, 0.29) is 0 Å². The molecule has 2 rings (SSSR count). The van der Waals surface area contributed by atoms with Crippen molar-refractivity contribution < 1.29 is 0 Å². The van der Waals surface area contributed by atoms with E-state index in [0.29, 0.717) is 6.04 Å². The first-order chi connectivity index (χ1) is 7.90. The SMILES string of the molecule is CNC(CCc1cccs1)c1ccncn1. The molecule has 2 aromatic heterocycles. The van der Waals surface area contributed by atoms with Crippen LogP contribution in [-0.2, 0) is 6.42 Å². The molecule has 0 amide bonds. The van der Waals surface area contributed by atoms with Crippen LogP contribution >= 0.6 is 11.3 Å². The molecule has 0 saturated heterocycles. The molecule has 0 fully saturated rings. The van der Waals surface area contributed by atoms with Gasteiger partial charge in [-0.2, -0.15) is 0 Å². The van der Waals surface area contributed by atoms with Crippen molar-refractivity contribution in [1.29, 1.82) is 0 Å². The van der Waals surface area contributed by atoms with Crippen molar-refractivity contribution >= 4 is 11.3 Å². The summed E-state index contributed by atoms with van der Waals surface area (Å²) in [5.41, 5.74) is 1.06. The van der Waals surface area contributed by atoms with Gasteiger partial charge in [0, 0.05) is 17.1 Å². The predicted molar refractivity (Wildman–Crippen MR) is 66.5 cm³/mol. The van der Waals surface area contributed by atoms with Crippen molar-refractivity contribution in [3.05, 3.63) is 46.7 Å². The van der Waals surface area contributed by atoms with Gasteiger partial charge in [0.1, 0.15) is 6.33 Å². The van der Waals surface area contributed by atoms with Crippen LogP contribution in [0.1, 0.15) is 23.0 Å². The summed E-state index contributed by atoms with van der Waals surface area (Å²) >= 11 is 1.81. The van der Waals surface area contributed by atoms with Crippen molar-refractivity contribution in [3.63, 3.8) is 0 Å². The maximum Gasteiger partial charge on any atom is 0.115 e. The van der Waals surface area contributed by atoms with Gasteiger partial charge in [0.25, 0.3) is 0 Å². The van der Waals surface area contributed by atoms with Gasteiger partial charge in [0.05, 0.1) is 5.69 Å². The number of aryl methyl sites for hydroxylation is 1. The summed E-state index contributed by atoms with van der Waals surface area (Å²) in [4.78, 5) is 9.64. The Labute approximate surface area is 99.6 Å². The summed E-state index contributed by atoms with van der Waals surface area (Å²) in [6.07, 6.45) is 5.55. The first-order valence-electron chi connectivity index (χ1n) is 5.35. The summed E-state index contributed by atoms with van der Waals surface area (Å²) < 4.78 is 0. The van der Waals surface area contributed by atoms with Gasteiger partial charge in [0.2, 0.25) is 0 Å². The standard InChI is InChI=1S/C12H15N3S/c1-13-11(12-6-7-14-9-15-12)5-4-10-3-2-8-16-10/h2-3,6-9,11,13H,4-5H2,1H3. The highest BCUT2D eigenvalue weighted by atomic mass is 32.1. The summed E-state index contributed by atoms with van der Waals surface area (Å²) in [5, 5.41) is 5.41. The van der Waals surface area contributed by atoms with Crippen molar-refractivity contribution in [2.75, 3.05) is 7.05 Å². The van der Waals surface area contributed by atoms with Gasteiger partial charge in [0.15, 0.2) is 0 Å². The molecule has 2 heterocycles. The average Bonchev–Trinajstić information content (AvgIpc) is 2.84. The molecule has 0 aliphatic rings. The molecule has 0 aliphatic heterocycles. The quantitative estimate of drug-likeness (QED) is 0.862. The largest absolute Gasteiger partial charge is 0.312 e. The van der Waals surface area contributed by atoms with E-state index in [4.69, 9.17) is 0 Å². The maximum absolute atomic E-state index is 4.28. The number of rotatable bonds is 5. The van der Waals surface area contributed by atoms with Gasteiger partial charge in [-0.25, -0.2) is 9.97 Å². The second-order valence-corrected chi connectivity index (χ2v) is 4.63. The van der Waals surface area contributed by atoms with E-state index in [1.54, 1.807) is 12.5 Å². The predicted octanol–water partition coefficient (Wildman–Crippen LogP) is 2.43. The first kappa shape index (κ1) is 11.2. The van der Waals surface area contributed by atoms with Crippen LogP contribution in [0, 0.1) is 0 Å². The number of aromatic nitrogens is 2. The molecule has 4 heteroatoms. The van der Waals surface area contributed by atoms with Crippen LogP contribution in [0.15, 0.2) is 36.1 Å². The molecule has 0 aromatic carbocycles. The summed E-state index contributed by atoms with van der Waals surface area (Å²) in [7, 11) is 1.97. The van der Waals surface area contributed by atoms with Crippen LogP contribution in [0.3, 0.4) is 0 Å². The Balaban J connectivity index is 1.96. The highest BCUT2D eigenvalue weighted by molar-refractivity contribution is 7.09. The minimum atomic E-state index is 0.310. The number of hydrogen-bond acceptors (Lipinski definition) is 4. The Morgan fingerprint density at radius 1 is 1.44 bits per heavy atom. The van der Waals surface area contributed by atoms with Crippen LogP contribution in [0.25, 0.3) is 0 Å². The molecule has 0 radical (unpaired) electrons. The fourth-order valence-electron chi connectivity index (χ4n) is 1.69. The van der Waals surface area contributed by atoms with E-state index in [1.165, 1.54) is 4.88 Å². The lowest BCUT2D eigenvalue weighted by atomic mass is 10.1. The fourth-order valence-corrected chi connectivity index (χ4v) is 2.41. The number of nitrogens with zero attached hydrogens (tertiary/aromatic N) is 2. The topological polar surface area (TPSA) is 37.8 Å². The smallest absolute Gasteiger partial charge is 0.115 e. The van der Waals surface area contributed by atoms with Crippen molar-refractivity contribution in [3.8, 4) is 0 Å². The maximum atomic E-state index is 4.28. The first-order valence-corrected chi connectivity index (χ1v) is 6.23. The molecule has 0 spiro atoms. The molecule has 1 unspecified atom stereocenters. The number of thiophene rings is 1. The number of nitrogens with one attached hydrogen (secondary N) is 1. The van der Waals surface area contributed by atoms with Crippen LogP contribution in [-0.4, -0.2) is 17.0 Å². The third-order valence-corrected chi connectivity index (χ3v) is 3.51. The Kier molecular flexibility index (Phi) is 4.02. The zero-order valence-electron chi connectivity index (χ0n) is 9.26. The molecule has 0 bridgehead atoms. The molecule has 3 nitrogen and oxygen atoms in total. The van der Waals surface area contributed by atoms with Gasteiger partial charge in [-0.05, 0) is 37.4 Å². The highest BCUT2D eigenvalue weighted by Gasteiger charge is 2.10. The molecular weight excluding hydrogens is 218 g/mol. The Morgan fingerprint density at radius 3 is 3.00 bits per heavy atom. The molecule has 1 N–H and O–H groups in total. The lowest BCUT2D eigenvalue weighted by Crippen LogP contribution is -2.18. The van der Waals surface area contributed by atoms with Crippen molar-refractivity contribution in [1.82, 2.24) is 15.3 Å². The number of hydrogen-bond donors (Lipinski definition) is 1. The average molecular weight is 233 g/mol. The second-order valence-electron chi connectivity index (χ2n) is 3.59. The van der Waals surface area contributed by atoms with E-state index in [1.807, 2.05) is 24.5 Å². The Bertz CT molecular complexity index is 399. The second kappa shape index (κ2) is 5.72. The molecular formula is C12H15N3S. The fraction of sp³-hybridized carbons (Fsp3) is 0.333. The van der Waals surface area contributed by atoms with Gasteiger partial charge < -0.3 is 5.32 Å². The lowest BCUT2D eigenvalue weighted by molar-refractivity contribution is 0.536. The van der Waals surface area contributed by atoms with Crippen molar-refractivity contribution in [2.24, 2.45) is 0 Å². The highest BCUT2D eigenvalue weighted by Crippen LogP contribution is 2.18. The van der Waals surface area contributed by atoms with Gasteiger partial charge in [-0.3, -0.25) is 0 Å². The van der Waals surface area contributed by atoms with Crippen LogP contribution in [0.5, 0.6) is 0 Å². The molecule has 0 saturated carbocycles. The molecule has 1 atom stereocenters. The van der Waals surface area contributed by atoms with E-state index in [2.05, 4.69) is 32.8 Å². The molecule has 84 valence electrons. The minimum absolute atomic E-state index is 0.310. The van der Waals surface area contributed by atoms with Crippen molar-refractivity contribution in [2.45, 2.75) is 18.9 Å². The Hall–Kier alpha value is -1.26. The van der Waals surface area contributed by atoms with E-state index in [9.17, 15) is 0 Å². The minimum Gasteiger partial charge on any atom is -0.312 e. The van der Waals surface area contributed by atoms with E-state index in [0.717, 1.165) is 18.5 Å². The van der Waals surface area contributed by atoms with Gasteiger partial charge in [-0.1, -0.05) is 6.07 Å². The third-order valence-electron chi connectivity index (χ3n) is 2.57.